The molecule has 5 nitrogen and oxygen atoms in total. The molecule has 1 heterocycles. The van der Waals surface area contributed by atoms with E-state index in [1.807, 2.05) is 37.3 Å². The van der Waals surface area contributed by atoms with Crippen LogP contribution in [0, 0.1) is 0 Å². The number of benzene rings is 1. The van der Waals surface area contributed by atoms with Gasteiger partial charge in [0.1, 0.15) is 0 Å². The normalized spacial score (nSPS) is 16.7. The number of aryl methyl sites for hydroxylation is 1. The summed E-state index contributed by atoms with van der Waals surface area (Å²) in [5.41, 5.74) is 1.19. The van der Waals surface area contributed by atoms with Gasteiger partial charge in [0.25, 0.3) is 5.91 Å². The summed E-state index contributed by atoms with van der Waals surface area (Å²) >= 11 is 0.683. The van der Waals surface area contributed by atoms with Gasteiger partial charge in [-0.15, -0.1) is 0 Å². The Labute approximate surface area is 145 Å². The van der Waals surface area contributed by atoms with Crippen molar-refractivity contribution < 1.29 is 9.59 Å². The zero-order valence-corrected chi connectivity index (χ0v) is 14.6. The van der Waals surface area contributed by atoms with Gasteiger partial charge in [0.05, 0.1) is 11.2 Å². The Morgan fingerprint density at radius 3 is 2.43 bits per heavy atom. The van der Waals surface area contributed by atoms with Gasteiger partial charge in [-0.25, -0.2) is 4.79 Å². The van der Waals surface area contributed by atoms with E-state index in [1.54, 1.807) is 0 Å². The van der Waals surface area contributed by atoms with Crippen molar-refractivity contribution in [2.24, 2.45) is 4.40 Å². The molecule has 124 valence electrons. The minimum Gasteiger partial charge on any atom is -0.273 e. The van der Waals surface area contributed by atoms with Crippen LogP contribution in [-0.4, -0.2) is 40.7 Å². The van der Waals surface area contributed by atoms with Crippen LogP contribution in [0.15, 0.2) is 34.7 Å². The molecule has 1 aromatic rings. The quantitative estimate of drug-likeness (QED) is 0.526. The van der Waals surface area contributed by atoms with Crippen molar-refractivity contribution in [1.29, 1.82) is 0 Å². The molecule has 0 atom stereocenters. The third kappa shape index (κ3) is 4.48. The van der Waals surface area contributed by atoms with Crippen molar-refractivity contribution >= 4 is 39.6 Å². The lowest BCUT2D eigenvalue weighted by molar-refractivity contribution is -0.120. The summed E-state index contributed by atoms with van der Waals surface area (Å²) < 4.78 is 3.92. The second-order valence-electron chi connectivity index (χ2n) is 5.32. The average Bonchev–Trinajstić information content (AvgIpc) is 2.79. The van der Waals surface area contributed by atoms with Crippen molar-refractivity contribution in [3.63, 3.8) is 0 Å². The smallest absolute Gasteiger partial charge is 0.273 e. The number of hydrogen-bond acceptors (Lipinski definition) is 4. The van der Waals surface area contributed by atoms with Gasteiger partial charge in [-0.1, -0.05) is 43.7 Å². The number of amidine groups is 1. The summed E-state index contributed by atoms with van der Waals surface area (Å²) in [6, 6.07) is 9.72. The lowest BCUT2D eigenvalue weighted by atomic mass is 10.1. The molecule has 1 saturated heterocycles. The topological polar surface area (TPSA) is 53.0 Å². The van der Waals surface area contributed by atoms with E-state index in [1.165, 1.54) is 15.4 Å². The van der Waals surface area contributed by atoms with Crippen LogP contribution >= 0.6 is 21.8 Å². The summed E-state index contributed by atoms with van der Waals surface area (Å²) in [5.74, 6) is -0.213. The number of halogens is 1. The molecule has 0 aromatic heterocycles. The van der Waals surface area contributed by atoms with Crippen molar-refractivity contribution in [3.05, 3.63) is 35.9 Å². The maximum absolute atomic E-state index is 12.4. The predicted octanol–water partition coefficient (Wildman–Crippen LogP) is 3.88. The maximum Gasteiger partial charge on any atom is 0.332 e. The van der Waals surface area contributed by atoms with Gasteiger partial charge in [0.2, 0.25) is 5.84 Å². The van der Waals surface area contributed by atoms with Gasteiger partial charge in [-0.2, -0.15) is 4.40 Å². The van der Waals surface area contributed by atoms with Gasteiger partial charge < -0.3 is 0 Å². The minimum atomic E-state index is -0.354. The highest BCUT2D eigenvalue weighted by molar-refractivity contribution is 8.20. The fraction of sp³-hybridized carbons (Fsp3) is 0.438. The van der Waals surface area contributed by atoms with E-state index < -0.39 is 0 Å². The Balaban J connectivity index is 1.99. The van der Waals surface area contributed by atoms with Gasteiger partial charge >= 0.3 is 6.03 Å². The van der Waals surface area contributed by atoms with E-state index in [4.69, 9.17) is 10.7 Å². The summed E-state index contributed by atoms with van der Waals surface area (Å²) in [4.78, 5) is 27.5. The van der Waals surface area contributed by atoms with Crippen LogP contribution in [0.3, 0.4) is 0 Å². The van der Waals surface area contributed by atoms with E-state index in [0.29, 0.717) is 24.3 Å². The second-order valence-corrected chi connectivity index (χ2v) is 6.05. The molecule has 0 aliphatic carbocycles. The molecule has 2 rings (SSSR count). The molecule has 0 saturated carbocycles. The third-order valence-electron chi connectivity index (χ3n) is 3.70. The molecule has 1 aromatic carbocycles. The highest BCUT2D eigenvalue weighted by atomic mass is 35.7. The summed E-state index contributed by atoms with van der Waals surface area (Å²) in [7, 11) is 5.55. The number of nitrogens with zero attached hydrogens (tertiary/aromatic N) is 3. The Morgan fingerprint density at radius 1 is 1.09 bits per heavy atom. The van der Waals surface area contributed by atoms with E-state index in [-0.39, 0.29) is 17.8 Å². The molecular weight excluding hydrogens is 334 g/mol. The van der Waals surface area contributed by atoms with E-state index in [0.717, 1.165) is 25.7 Å². The molecule has 0 spiro atoms. The fourth-order valence-electron chi connectivity index (χ4n) is 2.48. The van der Waals surface area contributed by atoms with Crippen molar-refractivity contribution in [2.45, 2.75) is 32.6 Å². The number of amides is 3. The Kier molecular flexibility index (Phi) is 6.92. The van der Waals surface area contributed by atoms with Crippen LogP contribution < -0.4 is 0 Å². The zero-order valence-electron chi connectivity index (χ0n) is 13.1. The van der Waals surface area contributed by atoms with Gasteiger partial charge in [-0.3, -0.25) is 14.6 Å². The molecule has 3 amide bonds. The number of carbonyl (C=O) groups is 2. The molecule has 23 heavy (non-hydrogen) atoms. The first kappa shape index (κ1) is 17.8. The first-order valence-corrected chi connectivity index (χ1v) is 9.32. The van der Waals surface area contributed by atoms with E-state index in [2.05, 4.69) is 4.40 Å². The largest absolute Gasteiger partial charge is 0.332 e. The van der Waals surface area contributed by atoms with Crippen molar-refractivity contribution in [1.82, 2.24) is 9.80 Å². The number of unbranched alkanes of at least 4 members (excludes halogenated alkanes) is 1. The second kappa shape index (κ2) is 8.93. The number of carbonyl (C=O) groups excluding carboxylic acids is 2. The predicted molar refractivity (Wildman–Crippen MR) is 94.4 cm³/mol. The molecule has 0 unspecified atom stereocenters. The first-order chi connectivity index (χ1) is 11.2. The Morgan fingerprint density at radius 2 is 1.78 bits per heavy atom. The monoisotopic (exact) mass is 353 g/mol. The van der Waals surface area contributed by atoms with Crippen LogP contribution in [0.25, 0.3) is 0 Å². The van der Waals surface area contributed by atoms with Crippen LogP contribution in [0.1, 0.15) is 31.7 Å². The summed E-state index contributed by atoms with van der Waals surface area (Å²) in [6.07, 6.45) is 3.31. The SMILES string of the molecule is CCCCN1C(=O)N(CCCc2ccccc2)C(=O)C1=NSCl. The van der Waals surface area contributed by atoms with Crippen molar-refractivity contribution in [2.75, 3.05) is 13.1 Å². The van der Waals surface area contributed by atoms with Crippen LogP contribution in [-0.2, 0) is 11.2 Å². The summed E-state index contributed by atoms with van der Waals surface area (Å²) in [6.45, 7) is 2.92. The molecule has 1 fully saturated rings. The van der Waals surface area contributed by atoms with Gasteiger partial charge in [0.15, 0.2) is 0 Å². The van der Waals surface area contributed by atoms with Crippen LogP contribution in [0.4, 0.5) is 4.79 Å². The molecule has 1 aliphatic heterocycles. The lowest BCUT2D eigenvalue weighted by Gasteiger charge is -2.16. The number of rotatable bonds is 8. The van der Waals surface area contributed by atoms with Gasteiger partial charge in [0, 0.05) is 13.1 Å². The summed E-state index contributed by atoms with van der Waals surface area (Å²) in [5, 5.41) is 0. The zero-order chi connectivity index (χ0) is 16.7. The maximum atomic E-state index is 12.4. The molecule has 1 aliphatic rings. The highest BCUT2D eigenvalue weighted by Gasteiger charge is 2.41. The van der Waals surface area contributed by atoms with E-state index >= 15 is 0 Å². The molecule has 7 heteroatoms. The van der Waals surface area contributed by atoms with E-state index in [9.17, 15) is 9.59 Å². The van der Waals surface area contributed by atoms with Crippen LogP contribution in [0.5, 0.6) is 0 Å². The fourth-order valence-corrected chi connectivity index (χ4v) is 2.92. The Hall–Kier alpha value is -1.53. The molecular formula is C16H20ClN3O2S. The molecule has 0 radical (unpaired) electrons. The molecule has 0 N–H and O–H groups in total. The Bertz CT molecular complexity index is 580. The minimum absolute atomic E-state index is 0.142. The standard InChI is InChI=1S/C16H20ClN3O2S/c1-2-3-11-19-14(18-23-17)15(21)20(16(19)22)12-7-10-13-8-5-4-6-9-13/h4-6,8-9H,2-3,7,10-12H2,1H3. The molecule has 0 bridgehead atoms. The highest BCUT2D eigenvalue weighted by Crippen LogP contribution is 2.19. The number of imide groups is 1. The van der Waals surface area contributed by atoms with Crippen LogP contribution in [0.2, 0.25) is 0 Å². The first-order valence-electron chi connectivity index (χ1n) is 7.72. The van der Waals surface area contributed by atoms with Gasteiger partial charge in [-0.05, 0) is 35.5 Å². The lowest BCUT2D eigenvalue weighted by Crippen LogP contribution is -2.34. The average molecular weight is 354 g/mol. The number of hydrogen-bond donors (Lipinski definition) is 0. The number of urea groups is 1. The van der Waals surface area contributed by atoms with Crippen molar-refractivity contribution in [3.8, 4) is 0 Å². The third-order valence-corrected chi connectivity index (χ3v) is 4.15.